The number of amides is 1. The third-order valence-electron chi connectivity index (χ3n) is 5.96. The van der Waals surface area contributed by atoms with E-state index in [2.05, 4.69) is 4.98 Å². The Labute approximate surface area is 196 Å². The van der Waals surface area contributed by atoms with Gasteiger partial charge in [-0.25, -0.2) is 0 Å². The van der Waals surface area contributed by atoms with Gasteiger partial charge in [-0.2, -0.15) is 13.2 Å². The molecule has 4 rings (SSSR count). The van der Waals surface area contributed by atoms with Crippen LogP contribution < -0.4 is 16.4 Å². The highest BCUT2D eigenvalue weighted by molar-refractivity contribution is 5.85. The van der Waals surface area contributed by atoms with Crippen LogP contribution in [0.1, 0.15) is 43.1 Å². The molecule has 1 amide bonds. The van der Waals surface area contributed by atoms with Gasteiger partial charge in [-0.05, 0) is 50.3 Å². The van der Waals surface area contributed by atoms with E-state index in [4.69, 9.17) is 4.74 Å². The zero-order valence-corrected chi connectivity index (χ0v) is 18.8. The molecule has 0 saturated heterocycles. The Hall–Kier alpha value is -3.83. The second-order valence-electron chi connectivity index (χ2n) is 8.24. The Morgan fingerprint density at radius 2 is 1.91 bits per heavy atom. The van der Waals surface area contributed by atoms with Crippen molar-refractivity contribution in [3.05, 3.63) is 67.8 Å². The summed E-state index contributed by atoms with van der Waals surface area (Å²) in [6.07, 6.45) is 2.71. The lowest BCUT2D eigenvalue weighted by Crippen LogP contribution is -2.41. The maximum absolute atomic E-state index is 12.7. The molecular weight excluding hydrogens is 469 g/mol. The van der Waals surface area contributed by atoms with Crippen LogP contribution in [0, 0.1) is 0 Å². The summed E-state index contributed by atoms with van der Waals surface area (Å²) in [7, 11) is 0. The summed E-state index contributed by atoms with van der Waals surface area (Å²) in [6, 6.07) is 1.60. The molecule has 2 N–H and O–H groups in total. The molecule has 2 aliphatic rings. The summed E-state index contributed by atoms with van der Waals surface area (Å²) in [5, 5.41) is 1.84. The highest BCUT2D eigenvalue weighted by atomic mass is 19.4. The number of hydrogen-bond donors (Lipinski definition) is 2. The molecule has 0 spiro atoms. The molecule has 2 aromatic heterocycles. The minimum atomic E-state index is -4.95. The van der Waals surface area contributed by atoms with Crippen molar-refractivity contribution >= 4 is 23.1 Å². The molecule has 2 aliphatic carbocycles. The number of aryl methyl sites for hydroxylation is 1. The number of esters is 1. The maximum Gasteiger partial charge on any atom is 0.471 e. The fourth-order valence-electron chi connectivity index (χ4n) is 4.35. The third kappa shape index (κ3) is 5.00. The van der Waals surface area contributed by atoms with E-state index in [-0.39, 0.29) is 13.2 Å². The van der Waals surface area contributed by atoms with Gasteiger partial charge in [0.15, 0.2) is 0 Å². The van der Waals surface area contributed by atoms with Crippen molar-refractivity contribution < 1.29 is 27.5 Å². The van der Waals surface area contributed by atoms with E-state index in [0.29, 0.717) is 42.6 Å². The number of nitrogens with zero attached hydrogens (tertiary/aromatic N) is 2. The molecule has 0 fully saturated rings. The largest absolute Gasteiger partial charge is 0.471 e. The maximum atomic E-state index is 12.7. The minimum absolute atomic E-state index is 0.135. The number of allylic oxidation sites excluding steroid dienone is 4. The molecule has 0 bridgehead atoms. The van der Waals surface area contributed by atoms with Crippen molar-refractivity contribution in [1.82, 2.24) is 19.4 Å². The summed E-state index contributed by atoms with van der Waals surface area (Å²) in [5.74, 6) is -2.64. The molecule has 9 nitrogen and oxygen atoms in total. The quantitative estimate of drug-likeness (QED) is 0.474. The average molecular weight is 492 g/mol. The van der Waals surface area contributed by atoms with Crippen LogP contribution in [0.15, 0.2) is 39.7 Å². The summed E-state index contributed by atoms with van der Waals surface area (Å²) in [5.41, 5.74) is 2.45. The Balaban J connectivity index is 1.67. The number of aromatic nitrogens is 3. The van der Waals surface area contributed by atoms with Crippen LogP contribution in [0.3, 0.4) is 0 Å². The zero-order chi connectivity index (χ0) is 25.3. The number of carbonyl (C=O) groups excluding carboxylic acids is 2. The fraction of sp³-hybridized carbons (Fsp3) is 0.391. The van der Waals surface area contributed by atoms with Crippen molar-refractivity contribution in [1.29, 1.82) is 0 Å². The predicted octanol–water partition coefficient (Wildman–Crippen LogP) is 2.11. The summed E-state index contributed by atoms with van der Waals surface area (Å²) in [6.45, 7) is 1.10. The molecule has 2 heterocycles. The Bertz CT molecular complexity index is 1360. The molecular formula is C23H23F3N4O5. The number of ether oxygens (including phenoxy) is 1. The van der Waals surface area contributed by atoms with Gasteiger partial charge in [-0.1, -0.05) is 5.57 Å². The summed E-state index contributed by atoms with van der Waals surface area (Å²) in [4.78, 5) is 50.7. The van der Waals surface area contributed by atoms with E-state index < -0.39 is 35.7 Å². The van der Waals surface area contributed by atoms with E-state index >= 15 is 0 Å². The second kappa shape index (κ2) is 9.43. The van der Waals surface area contributed by atoms with Crippen molar-refractivity contribution in [2.24, 2.45) is 0 Å². The first kappa shape index (κ1) is 24.3. The summed E-state index contributed by atoms with van der Waals surface area (Å²) < 4.78 is 45.1. The summed E-state index contributed by atoms with van der Waals surface area (Å²) >= 11 is 0. The van der Waals surface area contributed by atoms with Crippen LogP contribution in [-0.2, 0) is 33.8 Å². The molecule has 12 heteroatoms. The SMILES string of the molecule is CCOC(=O)Cn1c2c([nH]c(=O)c1=O)CCC1=C2C=C(n2ccc(CNC(=O)C(F)(F)F)c2)CC1. The normalized spacial score (nSPS) is 15.3. The first-order valence-corrected chi connectivity index (χ1v) is 11.0. The van der Waals surface area contributed by atoms with Crippen molar-refractivity contribution in [2.75, 3.05) is 6.61 Å². The predicted molar refractivity (Wildman–Crippen MR) is 119 cm³/mol. The van der Waals surface area contributed by atoms with E-state index in [1.165, 1.54) is 0 Å². The first-order chi connectivity index (χ1) is 16.6. The minimum Gasteiger partial charge on any atom is -0.465 e. The van der Waals surface area contributed by atoms with Crippen LogP contribution in [0.4, 0.5) is 13.2 Å². The molecule has 0 radical (unpaired) electrons. The molecule has 186 valence electrons. The molecule has 0 aromatic carbocycles. The van der Waals surface area contributed by atoms with Gasteiger partial charge >= 0.3 is 29.2 Å². The number of fused-ring (bicyclic) bond motifs is 2. The second-order valence-corrected chi connectivity index (χ2v) is 8.24. The number of alkyl halides is 3. The van der Waals surface area contributed by atoms with Crippen LogP contribution in [-0.4, -0.2) is 38.8 Å². The number of rotatable bonds is 6. The Morgan fingerprint density at radius 3 is 2.63 bits per heavy atom. The van der Waals surface area contributed by atoms with Crippen LogP contribution in [0.5, 0.6) is 0 Å². The van der Waals surface area contributed by atoms with E-state index in [0.717, 1.165) is 21.4 Å². The molecule has 0 saturated carbocycles. The van der Waals surface area contributed by atoms with Gasteiger partial charge in [-0.3, -0.25) is 23.7 Å². The highest BCUT2D eigenvalue weighted by Gasteiger charge is 2.38. The van der Waals surface area contributed by atoms with Crippen LogP contribution in [0.25, 0.3) is 11.3 Å². The number of nitrogens with one attached hydrogen (secondary N) is 2. The topological polar surface area (TPSA) is 115 Å². The van der Waals surface area contributed by atoms with Crippen LogP contribution >= 0.6 is 0 Å². The number of hydrogen-bond acceptors (Lipinski definition) is 5. The van der Waals surface area contributed by atoms with Gasteiger partial charge in [0, 0.05) is 35.9 Å². The van der Waals surface area contributed by atoms with Gasteiger partial charge in [0.25, 0.3) is 0 Å². The molecule has 0 unspecified atom stereocenters. The zero-order valence-electron chi connectivity index (χ0n) is 18.8. The van der Waals surface area contributed by atoms with Gasteiger partial charge in [0.1, 0.15) is 6.54 Å². The third-order valence-corrected chi connectivity index (χ3v) is 5.96. The molecule has 2 aromatic rings. The lowest BCUT2D eigenvalue weighted by atomic mass is 9.84. The Morgan fingerprint density at radius 1 is 1.17 bits per heavy atom. The standard InChI is InChI=1S/C23H23F3N4O5/c1-2-35-18(31)12-30-19-16-9-15(5-3-14(16)4-6-17(19)28-20(32)21(30)33)29-8-7-13(11-29)10-27-22(34)23(24,25)26/h7-9,11H,2-6,10,12H2,1H3,(H,27,34)(H,28,32). The smallest absolute Gasteiger partial charge is 0.465 e. The van der Waals surface area contributed by atoms with Gasteiger partial charge < -0.3 is 19.6 Å². The highest BCUT2D eigenvalue weighted by Crippen LogP contribution is 2.39. The van der Waals surface area contributed by atoms with E-state index in [1.807, 2.05) is 11.4 Å². The van der Waals surface area contributed by atoms with Gasteiger partial charge in [-0.15, -0.1) is 0 Å². The number of carbonyl (C=O) groups is 2. The number of halogens is 3. The van der Waals surface area contributed by atoms with Gasteiger partial charge in [0.05, 0.1) is 12.3 Å². The number of H-pyrrole nitrogens is 1. The fourth-order valence-corrected chi connectivity index (χ4v) is 4.35. The lowest BCUT2D eigenvalue weighted by molar-refractivity contribution is -0.173. The van der Waals surface area contributed by atoms with Crippen molar-refractivity contribution in [2.45, 2.75) is 51.9 Å². The molecule has 0 atom stereocenters. The molecule has 0 aliphatic heterocycles. The van der Waals surface area contributed by atoms with Crippen molar-refractivity contribution in [3.63, 3.8) is 0 Å². The number of aromatic amines is 1. The Kier molecular flexibility index (Phi) is 6.55. The van der Waals surface area contributed by atoms with E-state index in [9.17, 15) is 32.3 Å². The van der Waals surface area contributed by atoms with Crippen molar-refractivity contribution in [3.8, 4) is 0 Å². The monoisotopic (exact) mass is 492 g/mol. The lowest BCUT2D eigenvalue weighted by Gasteiger charge is -2.28. The molecule has 35 heavy (non-hydrogen) atoms. The van der Waals surface area contributed by atoms with Crippen LogP contribution in [0.2, 0.25) is 0 Å². The van der Waals surface area contributed by atoms with Gasteiger partial charge in [0.2, 0.25) is 0 Å². The van der Waals surface area contributed by atoms with E-state index in [1.54, 1.807) is 30.0 Å². The first-order valence-electron chi connectivity index (χ1n) is 11.0. The average Bonchev–Trinajstić information content (AvgIpc) is 3.28.